The van der Waals surface area contributed by atoms with E-state index >= 15 is 0 Å². The molecular formula is C13H25N6O+. The van der Waals surface area contributed by atoms with Crippen molar-refractivity contribution in [1.29, 1.82) is 0 Å². The molecule has 0 fully saturated rings. The van der Waals surface area contributed by atoms with Crippen LogP contribution in [0.25, 0.3) is 0 Å². The average Bonchev–Trinajstić information content (AvgIpc) is 2.36. The van der Waals surface area contributed by atoms with Crippen LogP contribution in [0.4, 0.5) is 11.6 Å². The summed E-state index contributed by atoms with van der Waals surface area (Å²) in [5.74, 6) is 0.534. The third-order valence-electron chi connectivity index (χ3n) is 2.85. The molecule has 20 heavy (non-hydrogen) atoms. The number of nitrogens with zero attached hydrogens (tertiary/aromatic N) is 3. The fourth-order valence-corrected chi connectivity index (χ4v) is 1.66. The molecule has 7 heteroatoms. The number of hydrogen-bond acceptors (Lipinski definition) is 5. The quantitative estimate of drug-likeness (QED) is 0.643. The van der Waals surface area contributed by atoms with Crippen LogP contribution in [0.2, 0.25) is 0 Å². The number of carbonyl (C=O) groups excluding carboxylic acids is 1. The Balaban J connectivity index is 2.86. The number of hydrogen-bond donors (Lipinski definition) is 3. The van der Waals surface area contributed by atoms with Gasteiger partial charge < -0.3 is 20.9 Å². The summed E-state index contributed by atoms with van der Waals surface area (Å²) in [7, 11) is 7.91. The number of aromatic nitrogens is 2. The second-order valence-corrected chi connectivity index (χ2v) is 5.63. The van der Waals surface area contributed by atoms with E-state index in [2.05, 4.69) is 41.7 Å². The van der Waals surface area contributed by atoms with E-state index in [0.29, 0.717) is 36.0 Å². The maximum Gasteiger partial charge on any atom is 0.273 e. The van der Waals surface area contributed by atoms with E-state index in [1.807, 2.05) is 6.92 Å². The lowest BCUT2D eigenvalue weighted by molar-refractivity contribution is -0.869. The van der Waals surface area contributed by atoms with Gasteiger partial charge in [-0.15, -0.1) is 0 Å². The Bertz CT molecular complexity index is 480. The van der Waals surface area contributed by atoms with Crippen molar-refractivity contribution in [2.75, 3.05) is 52.3 Å². The lowest BCUT2D eigenvalue weighted by Gasteiger charge is -2.23. The molecule has 0 radical (unpaired) electrons. The van der Waals surface area contributed by atoms with Gasteiger partial charge >= 0.3 is 0 Å². The highest BCUT2D eigenvalue weighted by atomic mass is 16.1. The van der Waals surface area contributed by atoms with E-state index in [0.717, 1.165) is 11.0 Å². The first-order valence-corrected chi connectivity index (χ1v) is 6.71. The molecule has 7 nitrogen and oxygen atoms in total. The molecule has 0 bridgehead atoms. The smallest absolute Gasteiger partial charge is 0.273 e. The Morgan fingerprint density at radius 3 is 2.45 bits per heavy atom. The van der Waals surface area contributed by atoms with Crippen LogP contribution in [0.15, 0.2) is 0 Å². The number of carbonyl (C=O) groups is 1. The lowest BCUT2D eigenvalue weighted by Crippen LogP contribution is -2.42. The monoisotopic (exact) mass is 281 g/mol. The minimum absolute atomic E-state index is 0.231. The largest absolute Gasteiger partial charge is 0.382 e. The molecular weight excluding hydrogens is 256 g/mol. The van der Waals surface area contributed by atoms with Gasteiger partial charge in [0, 0.05) is 7.05 Å². The molecule has 0 atom stereocenters. The van der Waals surface area contributed by atoms with Gasteiger partial charge in [-0.2, -0.15) is 0 Å². The molecule has 0 saturated carbocycles. The molecule has 1 aromatic heterocycles. The van der Waals surface area contributed by atoms with Crippen LogP contribution in [0.1, 0.15) is 23.1 Å². The second-order valence-electron chi connectivity index (χ2n) is 5.63. The van der Waals surface area contributed by atoms with Crippen molar-refractivity contribution >= 4 is 17.5 Å². The summed E-state index contributed by atoms with van der Waals surface area (Å²) in [6.45, 7) is 3.35. The predicted octanol–water partition coefficient (Wildman–Crippen LogP) is 0.0989. The summed E-state index contributed by atoms with van der Waals surface area (Å²) in [6.07, 6.45) is 0.641. The fraction of sp³-hybridized carbons (Fsp3) is 0.615. The van der Waals surface area contributed by atoms with Gasteiger partial charge in [0.1, 0.15) is 5.82 Å². The van der Waals surface area contributed by atoms with Gasteiger partial charge in [0.25, 0.3) is 5.91 Å². The van der Waals surface area contributed by atoms with Gasteiger partial charge in [0.05, 0.1) is 39.9 Å². The maximum atomic E-state index is 12.2. The van der Waals surface area contributed by atoms with Crippen LogP contribution in [-0.2, 0) is 6.42 Å². The van der Waals surface area contributed by atoms with Gasteiger partial charge in [-0.05, 0) is 6.42 Å². The molecule has 112 valence electrons. The molecule has 0 aromatic carbocycles. The molecule has 1 aromatic rings. The summed E-state index contributed by atoms with van der Waals surface area (Å²) >= 11 is 0. The number of rotatable bonds is 6. The van der Waals surface area contributed by atoms with Gasteiger partial charge in [0.15, 0.2) is 11.5 Å². The summed E-state index contributed by atoms with van der Waals surface area (Å²) in [4.78, 5) is 20.7. The zero-order chi connectivity index (χ0) is 15.3. The van der Waals surface area contributed by atoms with Crippen LogP contribution in [0.3, 0.4) is 0 Å². The van der Waals surface area contributed by atoms with Crippen molar-refractivity contribution in [1.82, 2.24) is 15.3 Å². The van der Waals surface area contributed by atoms with Gasteiger partial charge in [-0.25, -0.2) is 9.97 Å². The van der Waals surface area contributed by atoms with E-state index in [1.54, 1.807) is 7.05 Å². The molecule has 0 aliphatic heterocycles. The van der Waals surface area contributed by atoms with Crippen molar-refractivity contribution < 1.29 is 9.28 Å². The minimum Gasteiger partial charge on any atom is -0.382 e. The highest BCUT2D eigenvalue weighted by molar-refractivity contribution is 5.97. The molecule has 0 aliphatic rings. The van der Waals surface area contributed by atoms with E-state index in [4.69, 9.17) is 5.73 Å². The van der Waals surface area contributed by atoms with E-state index < -0.39 is 0 Å². The Morgan fingerprint density at radius 2 is 1.95 bits per heavy atom. The number of aryl methyl sites for hydroxylation is 1. The molecule has 1 amide bonds. The SMILES string of the molecule is CCc1nc(C(=O)NCC[N+](C)(C)C)c(NC)nc1N. The molecule has 1 heterocycles. The Labute approximate surface area is 120 Å². The van der Waals surface area contributed by atoms with Gasteiger partial charge in [-0.3, -0.25) is 4.79 Å². The molecule has 4 N–H and O–H groups in total. The normalized spacial score (nSPS) is 11.2. The molecule has 0 spiro atoms. The highest BCUT2D eigenvalue weighted by Crippen LogP contribution is 2.15. The summed E-state index contributed by atoms with van der Waals surface area (Å²) in [6, 6.07) is 0. The van der Waals surface area contributed by atoms with Crippen molar-refractivity contribution in [3.8, 4) is 0 Å². The van der Waals surface area contributed by atoms with Gasteiger partial charge in [-0.1, -0.05) is 6.92 Å². The van der Waals surface area contributed by atoms with Crippen molar-refractivity contribution in [2.24, 2.45) is 0 Å². The van der Waals surface area contributed by atoms with Gasteiger partial charge in [0.2, 0.25) is 0 Å². The van der Waals surface area contributed by atoms with E-state index in [1.165, 1.54) is 0 Å². The predicted molar refractivity (Wildman–Crippen MR) is 80.6 cm³/mol. The van der Waals surface area contributed by atoms with Crippen LogP contribution in [-0.4, -0.2) is 61.6 Å². The first-order valence-electron chi connectivity index (χ1n) is 6.71. The zero-order valence-electron chi connectivity index (χ0n) is 12.9. The summed E-state index contributed by atoms with van der Waals surface area (Å²) < 4.78 is 0.785. The maximum absolute atomic E-state index is 12.2. The molecule has 1 rings (SSSR count). The summed E-state index contributed by atoms with van der Waals surface area (Å²) in [5.41, 5.74) is 6.72. The zero-order valence-corrected chi connectivity index (χ0v) is 12.9. The Morgan fingerprint density at radius 1 is 1.30 bits per heavy atom. The minimum atomic E-state index is -0.231. The van der Waals surface area contributed by atoms with E-state index in [-0.39, 0.29) is 5.91 Å². The fourth-order valence-electron chi connectivity index (χ4n) is 1.66. The van der Waals surface area contributed by atoms with Crippen molar-refractivity contribution in [3.05, 3.63) is 11.4 Å². The first kappa shape index (κ1) is 16.2. The Hall–Kier alpha value is -1.89. The molecule has 0 unspecified atom stereocenters. The number of nitrogen functional groups attached to an aromatic ring is 1. The third-order valence-corrected chi connectivity index (χ3v) is 2.85. The van der Waals surface area contributed by atoms with Crippen LogP contribution < -0.4 is 16.4 Å². The van der Waals surface area contributed by atoms with Crippen molar-refractivity contribution in [2.45, 2.75) is 13.3 Å². The highest BCUT2D eigenvalue weighted by Gasteiger charge is 2.17. The van der Waals surface area contributed by atoms with Crippen LogP contribution in [0, 0.1) is 0 Å². The first-order chi connectivity index (χ1) is 9.28. The number of amides is 1. The molecule has 0 aliphatic carbocycles. The lowest BCUT2D eigenvalue weighted by atomic mass is 10.3. The summed E-state index contributed by atoms with van der Waals surface area (Å²) in [5, 5.41) is 5.72. The topological polar surface area (TPSA) is 92.9 Å². The standard InChI is InChI=1S/C13H24N6O/c1-6-9-11(14)18-12(15-2)10(17-9)13(20)16-7-8-19(3,4)5/h6-8H2,1-5H3,(H3-,14,15,16,18,20)/p+1. The number of likely N-dealkylation sites (N-methyl/N-ethyl adjacent to an activating group) is 1. The van der Waals surface area contributed by atoms with Crippen LogP contribution in [0.5, 0.6) is 0 Å². The number of nitrogens with two attached hydrogens (primary N) is 1. The Kier molecular flexibility index (Phi) is 5.26. The van der Waals surface area contributed by atoms with Crippen LogP contribution >= 0.6 is 0 Å². The number of quaternary nitrogens is 1. The van der Waals surface area contributed by atoms with E-state index in [9.17, 15) is 4.79 Å². The van der Waals surface area contributed by atoms with Crippen molar-refractivity contribution in [3.63, 3.8) is 0 Å². The average molecular weight is 281 g/mol. The number of nitrogens with one attached hydrogen (secondary N) is 2. The second kappa shape index (κ2) is 6.51. The molecule has 0 saturated heterocycles. The number of anilines is 2. The third kappa shape index (κ3) is 4.34.